The van der Waals surface area contributed by atoms with E-state index in [0.29, 0.717) is 0 Å². The second-order valence-electron chi connectivity index (χ2n) is 4.22. The Morgan fingerprint density at radius 2 is 1.81 bits per heavy atom. The number of nitrogens with two attached hydrogens (primary N) is 1. The minimum atomic E-state index is -0.486. The number of amides is 1. The number of rotatable bonds is 1. The first kappa shape index (κ1) is 10.7. The highest BCUT2D eigenvalue weighted by molar-refractivity contribution is 6.04. The predicted octanol–water partition coefficient (Wildman–Crippen LogP) is 1.10. The van der Waals surface area contributed by atoms with Crippen molar-refractivity contribution in [2.45, 2.75) is 26.8 Å². The molecule has 0 spiro atoms. The lowest BCUT2D eigenvalue weighted by Crippen LogP contribution is -2.31. The van der Waals surface area contributed by atoms with Crippen molar-refractivity contribution in [1.82, 2.24) is 5.32 Å². The molecule has 0 aliphatic carbocycles. The zero-order valence-corrected chi connectivity index (χ0v) is 9.66. The SMILES string of the molecule is Cc1cc(C)c(C2N=C(N)NC2=O)c(C)c1. The maximum atomic E-state index is 11.7. The van der Waals surface area contributed by atoms with Crippen LogP contribution in [-0.4, -0.2) is 11.9 Å². The Kier molecular flexibility index (Phi) is 2.42. The van der Waals surface area contributed by atoms with Gasteiger partial charge >= 0.3 is 0 Å². The lowest BCUT2D eigenvalue weighted by atomic mass is 9.94. The summed E-state index contributed by atoms with van der Waals surface area (Å²) < 4.78 is 0. The monoisotopic (exact) mass is 217 g/mol. The molecule has 0 bridgehead atoms. The van der Waals surface area contributed by atoms with Gasteiger partial charge in [0, 0.05) is 0 Å². The third-order valence-electron chi connectivity index (χ3n) is 2.78. The second kappa shape index (κ2) is 3.63. The van der Waals surface area contributed by atoms with Crippen molar-refractivity contribution in [2.24, 2.45) is 10.7 Å². The molecule has 1 aromatic carbocycles. The van der Waals surface area contributed by atoms with Crippen molar-refractivity contribution in [3.8, 4) is 0 Å². The Bertz CT molecular complexity index is 468. The lowest BCUT2D eigenvalue weighted by molar-refractivity contribution is -0.120. The summed E-state index contributed by atoms with van der Waals surface area (Å²) in [7, 11) is 0. The Balaban J connectivity index is 2.53. The highest BCUT2D eigenvalue weighted by atomic mass is 16.2. The fraction of sp³-hybridized carbons (Fsp3) is 0.333. The van der Waals surface area contributed by atoms with Gasteiger partial charge in [0.05, 0.1) is 0 Å². The van der Waals surface area contributed by atoms with Gasteiger partial charge in [-0.2, -0.15) is 0 Å². The van der Waals surface area contributed by atoms with Gasteiger partial charge in [-0.1, -0.05) is 17.7 Å². The largest absolute Gasteiger partial charge is 0.370 e. The van der Waals surface area contributed by atoms with Crippen molar-refractivity contribution >= 4 is 11.9 Å². The summed E-state index contributed by atoms with van der Waals surface area (Å²) in [4.78, 5) is 15.8. The number of nitrogens with one attached hydrogen (secondary N) is 1. The third-order valence-corrected chi connectivity index (χ3v) is 2.78. The first-order valence-corrected chi connectivity index (χ1v) is 5.21. The van der Waals surface area contributed by atoms with E-state index in [4.69, 9.17) is 5.73 Å². The number of carbonyl (C=O) groups excluding carboxylic acids is 1. The fourth-order valence-electron chi connectivity index (χ4n) is 2.24. The van der Waals surface area contributed by atoms with Crippen LogP contribution in [0.15, 0.2) is 17.1 Å². The van der Waals surface area contributed by atoms with Gasteiger partial charge in [0.15, 0.2) is 12.0 Å². The highest BCUT2D eigenvalue weighted by Gasteiger charge is 2.28. The summed E-state index contributed by atoms with van der Waals surface area (Å²) in [6.07, 6.45) is 0. The average molecular weight is 217 g/mol. The van der Waals surface area contributed by atoms with E-state index in [9.17, 15) is 4.79 Å². The number of aryl methyl sites for hydroxylation is 3. The molecule has 0 aromatic heterocycles. The van der Waals surface area contributed by atoms with Crippen LogP contribution in [0.3, 0.4) is 0 Å². The van der Waals surface area contributed by atoms with Crippen LogP contribution in [0.25, 0.3) is 0 Å². The number of nitrogens with zero attached hydrogens (tertiary/aromatic N) is 1. The van der Waals surface area contributed by atoms with E-state index in [1.807, 2.05) is 20.8 Å². The highest BCUT2D eigenvalue weighted by Crippen LogP contribution is 2.28. The summed E-state index contributed by atoms with van der Waals surface area (Å²) in [6.45, 7) is 6.02. The maximum Gasteiger partial charge on any atom is 0.256 e. The van der Waals surface area contributed by atoms with E-state index in [1.54, 1.807) is 0 Å². The molecule has 1 aromatic rings. The average Bonchev–Trinajstić information content (AvgIpc) is 2.43. The second-order valence-corrected chi connectivity index (χ2v) is 4.22. The Morgan fingerprint density at radius 1 is 1.25 bits per heavy atom. The number of carbonyl (C=O) groups is 1. The Labute approximate surface area is 94.6 Å². The summed E-state index contributed by atoms with van der Waals surface area (Å²) in [6, 6.07) is 3.62. The van der Waals surface area contributed by atoms with E-state index in [-0.39, 0.29) is 11.9 Å². The molecule has 1 amide bonds. The molecular formula is C12H15N3O. The Hall–Kier alpha value is -1.84. The molecule has 0 radical (unpaired) electrons. The van der Waals surface area contributed by atoms with Gasteiger partial charge in [0.1, 0.15) is 0 Å². The van der Waals surface area contributed by atoms with E-state index in [1.165, 1.54) is 5.56 Å². The van der Waals surface area contributed by atoms with Crippen LogP contribution in [0.1, 0.15) is 28.3 Å². The maximum absolute atomic E-state index is 11.7. The van der Waals surface area contributed by atoms with Crippen LogP contribution in [0.4, 0.5) is 0 Å². The van der Waals surface area contributed by atoms with E-state index >= 15 is 0 Å². The molecule has 0 saturated heterocycles. The summed E-state index contributed by atoms with van der Waals surface area (Å²) in [5.41, 5.74) is 9.81. The standard InChI is InChI=1S/C12H15N3O/c1-6-4-7(2)9(8(3)5-6)10-11(16)15-12(13)14-10/h4-5,10H,1-3H3,(H3,13,14,15,16). The van der Waals surface area contributed by atoms with Crippen molar-refractivity contribution in [2.75, 3.05) is 0 Å². The van der Waals surface area contributed by atoms with Gasteiger partial charge in [-0.05, 0) is 37.5 Å². The van der Waals surface area contributed by atoms with Gasteiger partial charge in [-0.25, -0.2) is 4.99 Å². The van der Waals surface area contributed by atoms with Crippen LogP contribution in [0.5, 0.6) is 0 Å². The van der Waals surface area contributed by atoms with E-state index in [0.717, 1.165) is 16.7 Å². The molecule has 1 atom stereocenters. The number of guanidine groups is 1. The fourth-order valence-corrected chi connectivity index (χ4v) is 2.24. The molecular weight excluding hydrogens is 202 g/mol. The summed E-state index contributed by atoms with van der Waals surface area (Å²) >= 11 is 0. The molecule has 84 valence electrons. The van der Waals surface area contributed by atoms with Gasteiger partial charge < -0.3 is 5.73 Å². The summed E-state index contributed by atoms with van der Waals surface area (Å²) in [5, 5.41) is 2.52. The van der Waals surface area contributed by atoms with Crippen molar-refractivity contribution in [1.29, 1.82) is 0 Å². The van der Waals surface area contributed by atoms with Crippen molar-refractivity contribution < 1.29 is 4.79 Å². The van der Waals surface area contributed by atoms with Crippen LogP contribution in [0.2, 0.25) is 0 Å². The summed E-state index contributed by atoms with van der Waals surface area (Å²) in [5.74, 6) is 0.0573. The molecule has 1 aliphatic heterocycles. The molecule has 0 fully saturated rings. The minimum Gasteiger partial charge on any atom is -0.370 e. The zero-order valence-electron chi connectivity index (χ0n) is 9.66. The number of hydrogen-bond acceptors (Lipinski definition) is 3. The van der Waals surface area contributed by atoms with Crippen LogP contribution >= 0.6 is 0 Å². The molecule has 16 heavy (non-hydrogen) atoms. The molecule has 2 rings (SSSR count). The third kappa shape index (κ3) is 1.66. The quantitative estimate of drug-likeness (QED) is 0.739. The normalized spacial score (nSPS) is 19.6. The van der Waals surface area contributed by atoms with Gasteiger partial charge in [-0.3, -0.25) is 10.1 Å². The molecule has 4 nitrogen and oxygen atoms in total. The van der Waals surface area contributed by atoms with Gasteiger partial charge in [0.25, 0.3) is 5.91 Å². The van der Waals surface area contributed by atoms with Crippen LogP contribution in [0, 0.1) is 20.8 Å². The lowest BCUT2D eigenvalue weighted by Gasteiger charge is -2.13. The molecule has 3 N–H and O–H groups in total. The number of hydrogen-bond donors (Lipinski definition) is 2. The topological polar surface area (TPSA) is 67.5 Å². The molecule has 4 heteroatoms. The van der Waals surface area contributed by atoms with Crippen LogP contribution < -0.4 is 11.1 Å². The predicted molar refractivity (Wildman–Crippen MR) is 63.2 cm³/mol. The minimum absolute atomic E-state index is 0.146. The molecule has 1 heterocycles. The van der Waals surface area contributed by atoms with E-state index in [2.05, 4.69) is 22.4 Å². The first-order chi connectivity index (χ1) is 7.49. The number of aliphatic imine (C=N–C) groups is 1. The number of benzene rings is 1. The van der Waals surface area contributed by atoms with Crippen molar-refractivity contribution in [3.05, 3.63) is 34.4 Å². The smallest absolute Gasteiger partial charge is 0.256 e. The zero-order chi connectivity index (χ0) is 11.9. The van der Waals surface area contributed by atoms with Gasteiger partial charge in [0.2, 0.25) is 0 Å². The molecule has 1 aliphatic rings. The Morgan fingerprint density at radius 3 is 2.25 bits per heavy atom. The van der Waals surface area contributed by atoms with Gasteiger partial charge in [-0.15, -0.1) is 0 Å². The molecule has 1 unspecified atom stereocenters. The first-order valence-electron chi connectivity index (χ1n) is 5.21. The van der Waals surface area contributed by atoms with Crippen molar-refractivity contribution in [3.63, 3.8) is 0 Å². The van der Waals surface area contributed by atoms with Crippen LogP contribution in [-0.2, 0) is 4.79 Å². The molecule has 0 saturated carbocycles. The van der Waals surface area contributed by atoms with E-state index < -0.39 is 6.04 Å².